The van der Waals surface area contributed by atoms with Crippen LogP contribution < -0.4 is 10.1 Å². The van der Waals surface area contributed by atoms with Gasteiger partial charge < -0.3 is 14.8 Å². The van der Waals surface area contributed by atoms with Crippen LogP contribution in [0.1, 0.15) is 44.6 Å². The molecule has 1 fully saturated rings. The minimum atomic E-state index is -0.824. The first-order valence-electron chi connectivity index (χ1n) is 8.49. The van der Waals surface area contributed by atoms with Crippen LogP contribution in [0.5, 0.6) is 5.75 Å². The van der Waals surface area contributed by atoms with Gasteiger partial charge in [-0.2, -0.15) is 0 Å². The van der Waals surface area contributed by atoms with Gasteiger partial charge in [0.15, 0.2) is 12.2 Å². The molecule has 6 heteroatoms. The van der Waals surface area contributed by atoms with Crippen LogP contribution >= 0.6 is 11.6 Å². The predicted molar refractivity (Wildman–Crippen MR) is 90.1 cm³/mol. The van der Waals surface area contributed by atoms with Crippen molar-refractivity contribution < 1.29 is 19.1 Å². The van der Waals surface area contributed by atoms with Crippen molar-refractivity contribution in [1.29, 1.82) is 0 Å². The van der Waals surface area contributed by atoms with Crippen molar-refractivity contribution in [2.24, 2.45) is 0 Å². The van der Waals surface area contributed by atoms with E-state index in [4.69, 9.17) is 21.1 Å². The number of rotatable bonds is 4. The molecule has 1 amide bonds. The quantitative estimate of drug-likeness (QED) is 0.847. The number of carbonyl (C=O) groups is 2. The molecule has 0 spiro atoms. The number of hydrogen-bond acceptors (Lipinski definition) is 4. The molecule has 24 heavy (non-hydrogen) atoms. The lowest BCUT2D eigenvalue weighted by Crippen LogP contribution is -2.44. The molecule has 1 heterocycles. The van der Waals surface area contributed by atoms with E-state index in [2.05, 4.69) is 5.32 Å². The summed E-state index contributed by atoms with van der Waals surface area (Å²) >= 11 is 5.94. The van der Waals surface area contributed by atoms with Gasteiger partial charge in [-0.15, -0.1) is 0 Å². The molecule has 130 valence electrons. The first-order valence-corrected chi connectivity index (χ1v) is 8.86. The fourth-order valence-corrected chi connectivity index (χ4v) is 3.41. The zero-order chi connectivity index (χ0) is 17.1. The molecule has 1 aliphatic heterocycles. The van der Waals surface area contributed by atoms with Gasteiger partial charge in [0, 0.05) is 17.5 Å². The molecule has 1 aromatic rings. The Morgan fingerprint density at radius 2 is 2.04 bits per heavy atom. The largest absolute Gasteiger partial charge is 0.478 e. The maximum Gasteiger partial charge on any atom is 0.348 e. The Bertz CT molecular complexity index is 627. The number of carbonyl (C=O) groups excluding carboxylic acids is 2. The second-order valence-electron chi connectivity index (χ2n) is 6.49. The number of fused-ring (bicyclic) bond motifs is 1. The highest BCUT2D eigenvalue weighted by Gasteiger charge is 2.33. The Labute approximate surface area is 146 Å². The molecule has 2 atom stereocenters. The predicted octanol–water partition coefficient (Wildman–Crippen LogP) is 3.02. The van der Waals surface area contributed by atoms with E-state index >= 15 is 0 Å². The molecule has 3 rings (SSSR count). The summed E-state index contributed by atoms with van der Waals surface area (Å²) < 4.78 is 10.9. The number of nitrogens with one attached hydrogen (secondary N) is 1. The standard InChI is InChI=1S/C18H22ClNO4/c1-11(17(21)20-14-5-3-2-4-6-14)23-18(22)16-10-12-9-13(19)7-8-15(12)24-16/h7-9,11,14,16H,2-6,10H2,1H3,(H,20,21)/t11-,16+/m0/s1. The average Bonchev–Trinajstić information content (AvgIpc) is 2.99. The number of halogens is 1. The van der Waals surface area contributed by atoms with Crippen LogP contribution in [-0.4, -0.2) is 30.1 Å². The SMILES string of the molecule is C[C@H](OC(=O)[C@H]1Cc2cc(Cl)ccc2O1)C(=O)NC1CCCCC1. The van der Waals surface area contributed by atoms with Crippen molar-refractivity contribution in [1.82, 2.24) is 5.32 Å². The van der Waals surface area contributed by atoms with Crippen LogP contribution in [-0.2, 0) is 20.7 Å². The van der Waals surface area contributed by atoms with Crippen molar-refractivity contribution in [3.05, 3.63) is 28.8 Å². The third-order valence-corrected chi connectivity index (χ3v) is 4.81. The number of benzene rings is 1. The average molecular weight is 352 g/mol. The Kier molecular flexibility index (Phi) is 5.29. The molecule has 2 aliphatic rings. The van der Waals surface area contributed by atoms with Crippen molar-refractivity contribution in [2.75, 3.05) is 0 Å². The van der Waals surface area contributed by atoms with E-state index in [9.17, 15) is 9.59 Å². The van der Waals surface area contributed by atoms with E-state index in [1.54, 1.807) is 25.1 Å². The van der Waals surface area contributed by atoms with Gasteiger partial charge in [-0.05, 0) is 43.5 Å². The Morgan fingerprint density at radius 1 is 1.29 bits per heavy atom. The summed E-state index contributed by atoms with van der Waals surface area (Å²) in [4.78, 5) is 24.4. The van der Waals surface area contributed by atoms with Crippen LogP contribution in [0.2, 0.25) is 5.02 Å². The lowest BCUT2D eigenvalue weighted by molar-refractivity contribution is -0.161. The highest BCUT2D eigenvalue weighted by atomic mass is 35.5. The van der Waals surface area contributed by atoms with Crippen LogP contribution in [0.25, 0.3) is 0 Å². The number of esters is 1. The normalized spacial score (nSPS) is 21.5. The van der Waals surface area contributed by atoms with Gasteiger partial charge in [-0.3, -0.25) is 4.79 Å². The maximum absolute atomic E-state index is 12.2. The van der Waals surface area contributed by atoms with E-state index in [1.165, 1.54) is 6.42 Å². The van der Waals surface area contributed by atoms with E-state index in [1.807, 2.05) is 0 Å². The second-order valence-corrected chi connectivity index (χ2v) is 6.92. The fourth-order valence-electron chi connectivity index (χ4n) is 3.22. The van der Waals surface area contributed by atoms with Gasteiger partial charge >= 0.3 is 5.97 Å². The number of amides is 1. The van der Waals surface area contributed by atoms with E-state index in [-0.39, 0.29) is 11.9 Å². The van der Waals surface area contributed by atoms with Gasteiger partial charge in [-0.1, -0.05) is 30.9 Å². The molecular weight excluding hydrogens is 330 g/mol. The molecule has 1 N–H and O–H groups in total. The minimum Gasteiger partial charge on any atom is -0.478 e. The van der Waals surface area contributed by atoms with Gasteiger partial charge in [0.2, 0.25) is 0 Å². The van der Waals surface area contributed by atoms with Crippen molar-refractivity contribution in [3.8, 4) is 5.75 Å². The van der Waals surface area contributed by atoms with Gasteiger partial charge in [0.05, 0.1) is 0 Å². The number of ether oxygens (including phenoxy) is 2. The van der Waals surface area contributed by atoms with Gasteiger partial charge in [-0.25, -0.2) is 4.79 Å². The lowest BCUT2D eigenvalue weighted by atomic mass is 9.95. The van der Waals surface area contributed by atoms with Crippen molar-refractivity contribution in [2.45, 2.75) is 63.7 Å². The van der Waals surface area contributed by atoms with Gasteiger partial charge in [0.25, 0.3) is 5.91 Å². The van der Waals surface area contributed by atoms with Crippen molar-refractivity contribution >= 4 is 23.5 Å². The first kappa shape index (κ1) is 17.1. The molecule has 0 radical (unpaired) electrons. The van der Waals surface area contributed by atoms with E-state index < -0.39 is 18.2 Å². The molecule has 1 aromatic carbocycles. The molecule has 5 nitrogen and oxygen atoms in total. The molecule has 0 saturated heterocycles. The summed E-state index contributed by atoms with van der Waals surface area (Å²) in [6, 6.07) is 5.43. The van der Waals surface area contributed by atoms with Gasteiger partial charge in [0.1, 0.15) is 5.75 Å². The third kappa shape index (κ3) is 4.01. The highest BCUT2D eigenvalue weighted by Crippen LogP contribution is 2.31. The Hall–Kier alpha value is -1.75. The van der Waals surface area contributed by atoms with Crippen LogP contribution in [0, 0.1) is 0 Å². The summed E-state index contributed by atoms with van der Waals surface area (Å²) in [5.74, 6) is -0.122. The zero-order valence-electron chi connectivity index (χ0n) is 13.7. The molecule has 1 saturated carbocycles. The topological polar surface area (TPSA) is 64.6 Å². The summed E-state index contributed by atoms with van der Waals surface area (Å²) in [5, 5.41) is 3.57. The minimum absolute atomic E-state index is 0.196. The maximum atomic E-state index is 12.2. The Balaban J connectivity index is 1.50. The van der Waals surface area contributed by atoms with Crippen LogP contribution in [0.4, 0.5) is 0 Å². The van der Waals surface area contributed by atoms with Crippen LogP contribution in [0.15, 0.2) is 18.2 Å². The second kappa shape index (κ2) is 7.43. The summed E-state index contributed by atoms with van der Waals surface area (Å²) in [7, 11) is 0. The molecule has 1 aliphatic carbocycles. The fraction of sp³-hybridized carbons (Fsp3) is 0.556. The van der Waals surface area contributed by atoms with E-state index in [0.29, 0.717) is 17.2 Å². The lowest BCUT2D eigenvalue weighted by Gasteiger charge is -2.24. The Morgan fingerprint density at radius 3 is 2.79 bits per heavy atom. The molecular formula is C18H22ClNO4. The monoisotopic (exact) mass is 351 g/mol. The first-order chi connectivity index (χ1) is 11.5. The summed E-state index contributed by atoms with van der Waals surface area (Å²) in [6.07, 6.45) is 4.35. The molecule has 0 aromatic heterocycles. The third-order valence-electron chi connectivity index (χ3n) is 4.57. The molecule has 0 unspecified atom stereocenters. The summed E-state index contributed by atoms with van der Waals surface area (Å²) in [5.41, 5.74) is 0.878. The smallest absolute Gasteiger partial charge is 0.348 e. The van der Waals surface area contributed by atoms with E-state index in [0.717, 1.165) is 31.2 Å². The summed E-state index contributed by atoms with van der Waals surface area (Å²) in [6.45, 7) is 1.59. The molecule has 0 bridgehead atoms. The zero-order valence-corrected chi connectivity index (χ0v) is 14.5. The van der Waals surface area contributed by atoms with Crippen LogP contribution in [0.3, 0.4) is 0 Å². The number of hydrogen-bond donors (Lipinski definition) is 1. The highest BCUT2D eigenvalue weighted by molar-refractivity contribution is 6.30. The van der Waals surface area contributed by atoms with Crippen molar-refractivity contribution in [3.63, 3.8) is 0 Å².